The van der Waals surface area contributed by atoms with Gasteiger partial charge >= 0.3 is 0 Å². The maximum atomic E-state index is 8.94. The summed E-state index contributed by atoms with van der Waals surface area (Å²) in [6.07, 6.45) is 0.868. The van der Waals surface area contributed by atoms with Gasteiger partial charge in [0.15, 0.2) is 5.11 Å². The summed E-state index contributed by atoms with van der Waals surface area (Å²) in [6, 6.07) is 8.87. The normalized spacial score (nSPS) is 9.35. The van der Waals surface area contributed by atoms with Crippen LogP contribution < -0.4 is 10.6 Å². The summed E-state index contributed by atoms with van der Waals surface area (Å²) in [5.41, 5.74) is 1.37. The predicted octanol–water partition coefficient (Wildman–Crippen LogP) is 2.14. The van der Waals surface area contributed by atoms with Gasteiger partial charge in [-0.3, -0.25) is 0 Å². The van der Waals surface area contributed by atoms with E-state index in [0.717, 1.165) is 6.42 Å². The molecule has 0 spiro atoms. The Bertz CT molecular complexity index is 545. The maximum Gasteiger partial charge on any atom is 0.170 e. The van der Waals surface area contributed by atoms with Crippen LogP contribution in [0.25, 0.3) is 0 Å². The van der Waals surface area contributed by atoms with E-state index < -0.39 is 0 Å². The van der Waals surface area contributed by atoms with Gasteiger partial charge in [0, 0.05) is 25.4 Å². The van der Waals surface area contributed by atoms with Crippen molar-refractivity contribution in [1.29, 1.82) is 10.5 Å². The van der Waals surface area contributed by atoms with Crippen molar-refractivity contribution in [3.8, 4) is 12.1 Å². The average molecular weight is 288 g/mol. The summed E-state index contributed by atoms with van der Waals surface area (Å²) in [7, 11) is 0. The van der Waals surface area contributed by atoms with Crippen molar-refractivity contribution >= 4 is 23.0 Å². The van der Waals surface area contributed by atoms with E-state index in [1.807, 2.05) is 19.1 Å². The van der Waals surface area contributed by atoms with Crippen LogP contribution in [0.3, 0.4) is 0 Å². The number of ether oxygens (including phenoxy) is 1. The number of thiocarbonyl (C=S) groups is 1. The van der Waals surface area contributed by atoms with Crippen LogP contribution in [0, 0.1) is 22.7 Å². The topological polar surface area (TPSA) is 80.9 Å². The van der Waals surface area contributed by atoms with Crippen LogP contribution in [-0.4, -0.2) is 24.9 Å². The molecule has 1 aromatic carbocycles. The maximum absolute atomic E-state index is 8.94. The number of anilines is 1. The highest BCUT2D eigenvalue weighted by Crippen LogP contribution is 2.14. The van der Waals surface area contributed by atoms with Gasteiger partial charge in [-0.1, -0.05) is 0 Å². The van der Waals surface area contributed by atoms with Gasteiger partial charge in [-0.15, -0.1) is 0 Å². The van der Waals surface area contributed by atoms with Gasteiger partial charge in [-0.2, -0.15) is 10.5 Å². The van der Waals surface area contributed by atoms with Crippen molar-refractivity contribution < 1.29 is 4.74 Å². The molecule has 0 saturated carbocycles. The summed E-state index contributed by atoms with van der Waals surface area (Å²) in [4.78, 5) is 0. The Morgan fingerprint density at radius 3 is 2.70 bits per heavy atom. The molecule has 0 aromatic heterocycles. The number of hydrogen-bond acceptors (Lipinski definition) is 4. The third-order valence-corrected chi connectivity index (χ3v) is 2.72. The quantitative estimate of drug-likeness (QED) is 0.616. The second-order valence-electron chi connectivity index (χ2n) is 3.92. The highest BCUT2D eigenvalue weighted by Gasteiger charge is 2.04. The molecule has 0 bridgehead atoms. The van der Waals surface area contributed by atoms with E-state index >= 15 is 0 Å². The minimum atomic E-state index is 0.330. The molecular formula is C14H16N4OS. The third kappa shape index (κ3) is 5.23. The van der Waals surface area contributed by atoms with Crippen molar-refractivity contribution in [3.05, 3.63) is 29.3 Å². The lowest BCUT2D eigenvalue weighted by atomic mass is 10.1. The molecule has 1 aromatic rings. The molecule has 20 heavy (non-hydrogen) atoms. The molecule has 0 unspecified atom stereocenters. The Balaban J connectivity index is 2.47. The van der Waals surface area contributed by atoms with Gasteiger partial charge in [0.05, 0.1) is 11.1 Å². The molecule has 5 nitrogen and oxygen atoms in total. The second kappa shape index (κ2) is 8.87. The van der Waals surface area contributed by atoms with Crippen LogP contribution in [-0.2, 0) is 4.74 Å². The fourth-order valence-corrected chi connectivity index (χ4v) is 1.73. The molecule has 0 radical (unpaired) electrons. The van der Waals surface area contributed by atoms with Gasteiger partial charge in [0.1, 0.15) is 12.1 Å². The number of hydrogen-bond donors (Lipinski definition) is 2. The summed E-state index contributed by atoms with van der Waals surface area (Å²) in [5, 5.41) is 24.3. The molecule has 104 valence electrons. The summed E-state index contributed by atoms with van der Waals surface area (Å²) in [6.45, 7) is 4.08. The Morgan fingerprint density at radius 2 is 2.05 bits per heavy atom. The van der Waals surface area contributed by atoms with Gasteiger partial charge in [0.2, 0.25) is 0 Å². The smallest absolute Gasteiger partial charge is 0.170 e. The first kappa shape index (κ1) is 15.9. The van der Waals surface area contributed by atoms with Crippen molar-refractivity contribution in [1.82, 2.24) is 5.32 Å². The van der Waals surface area contributed by atoms with E-state index in [0.29, 0.717) is 41.7 Å². The fourth-order valence-electron chi connectivity index (χ4n) is 1.51. The molecule has 0 fully saturated rings. The first-order valence-corrected chi connectivity index (χ1v) is 6.69. The van der Waals surface area contributed by atoms with Crippen LogP contribution in [0.5, 0.6) is 0 Å². The summed E-state index contributed by atoms with van der Waals surface area (Å²) < 4.78 is 5.22. The van der Waals surface area contributed by atoms with E-state index in [2.05, 4.69) is 10.6 Å². The predicted molar refractivity (Wildman–Crippen MR) is 81.2 cm³/mol. The van der Waals surface area contributed by atoms with Crippen LogP contribution in [0.2, 0.25) is 0 Å². The Hall–Kier alpha value is -2.15. The molecule has 0 amide bonds. The lowest BCUT2D eigenvalue weighted by molar-refractivity contribution is 0.146. The fraction of sp³-hybridized carbons (Fsp3) is 0.357. The van der Waals surface area contributed by atoms with Crippen molar-refractivity contribution in [2.75, 3.05) is 25.1 Å². The zero-order valence-corrected chi connectivity index (χ0v) is 12.1. The monoisotopic (exact) mass is 288 g/mol. The first-order valence-electron chi connectivity index (χ1n) is 6.28. The molecule has 0 heterocycles. The standard InChI is InChI=1S/C14H16N4OS/c1-2-19-7-3-6-17-14(20)18-13-5-4-11(9-15)12(8-13)10-16/h4-5,8H,2-3,6-7H2,1H3,(H2,17,18,20). The van der Waals surface area contributed by atoms with Gasteiger partial charge in [0.25, 0.3) is 0 Å². The minimum Gasteiger partial charge on any atom is -0.382 e. The second-order valence-corrected chi connectivity index (χ2v) is 4.32. The van der Waals surface area contributed by atoms with Gasteiger partial charge < -0.3 is 15.4 Å². The van der Waals surface area contributed by atoms with Crippen molar-refractivity contribution in [2.45, 2.75) is 13.3 Å². The number of benzene rings is 1. The molecule has 2 N–H and O–H groups in total. The zero-order chi connectivity index (χ0) is 14.8. The largest absolute Gasteiger partial charge is 0.382 e. The van der Waals surface area contributed by atoms with Gasteiger partial charge in [-0.05, 0) is 43.8 Å². The highest BCUT2D eigenvalue weighted by molar-refractivity contribution is 7.80. The number of rotatable bonds is 6. The molecule has 0 atom stereocenters. The van der Waals surface area contributed by atoms with Crippen LogP contribution >= 0.6 is 12.2 Å². The van der Waals surface area contributed by atoms with E-state index in [-0.39, 0.29) is 0 Å². The molecule has 0 aliphatic carbocycles. The van der Waals surface area contributed by atoms with Crippen LogP contribution in [0.1, 0.15) is 24.5 Å². The molecule has 0 aliphatic heterocycles. The Labute approximate surface area is 124 Å². The zero-order valence-electron chi connectivity index (χ0n) is 11.3. The van der Waals surface area contributed by atoms with Crippen molar-refractivity contribution in [3.63, 3.8) is 0 Å². The molecular weight excluding hydrogens is 272 g/mol. The summed E-state index contributed by atoms with van der Waals surface area (Å²) in [5.74, 6) is 0. The molecule has 0 saturated heterocycles. The van der Waals surface area contributed by atoms with E-state index in [4.69, 9.17) is 27.5 Å². The number of nitrogens with zero attached hydrogens (tertiary/aromatic N) is 2. The Morgan fingerprint density at radius 1 is 1.30 bits per heavy atom. The van der Waals surface area contributed by atoms with Crippen LogP contribution in [0.15, 0.2) is 18.2 Å². The van der Waals surface area contributed by atoms with E-state index in [1.54, 1.807) is 18.2 Å². The molecule has 6 heteroatoms. The molecule has 0 aliphatic rings. The van der Waals surface area contributed by atoms with E-state index in [9.17, 15) is 0 Å². The summed E-state index contributed by atoms with van der Waals surface area (Å²) >= 11 is 5.14. The molecule has 1 rings (SSSR count). The average Bonchev–Trinajstić information content (AvgIpc) is 2.46. The SMILES string of the molecule is CCOCCCNC(=S)Nc1ccc(C#N)c(C#N)c1. The number of nitrogens with one attached hydrogen (secondary N) is 2. The van der Waals surface area contributed by atoms with E-state index in [1.165, 1.54) is 0 Å². The van der Waals surface area contributed by atoms with Crippen molar-refractivity contribution in [2.24, 2.45) is 0 Å². The third-order valence-electron chi connectivity index (χ3n) is 2.47. The first-order chi connectivity index (χ1) is 9.71. The lowest BCUT2D eigenvalue weighted by Gasteiger charge is -2.11. The van der Waals surface area contributed by atoms with Gasteiger partial charge in [-0.25, -0.2) is 0 Å². The number of nitriles is 2. The lowest BCUT2D eigenvalue weighted by Crippen LogP contribution is -2.29. The highest BCUT2D eigenvalue weighted by atomic mass is 32.1. The van der Waals surface area contributed by atoms with Crippen LogP contribution in [0.4, 0.5) is 5.69 Å². The Kier molecular flexibility index (Phi) is 7.05. The minimum absolute atomic E-state index is 0.330.